The van der Waals surface area contributed by atoms with Gasteiger partial charge in [-0.1, -0.05) is 34.6 Å². The van der Waals surface area contributed by atoms with Crippen molar-refractivity contribution in [1.29, 1.82) is 0 Å². The fourth-order valence-corrected chi connectivity index (χ4v) is 2.11. The normalized spacial score (nSPS) is 11.9. The highest BCUT2D eigenvalue weighted by atomic mass is 79.9. The fraction of sp³-hybridized carbons (Fsp3) is 0.714. The molecule has 0 fully saturated rings. The van der Waals surface area contributed by atoms with Gasteiger partial charge in [0.05, 0.1) is 0 Å². The summed E-state index contributed by atoms with van der Waals surface area (Å²) in [4.78, 5) is 11.4. The largest absolute Gasteiger partial charge is 0.369 e. The monoisotopic (exact) mass is 328 g/mol. The van der Waals surface area contributed by atoms with Crippen LogP contribution in [0.2, 0.25) is 0 Å². The summed E-state index contributed by atoms with van der Waals surface area (Å²) in [5.41, 5.74) is -0.0426. The zero-order chi connectivity index (χ0) is 14.5. The zero-order valence-electron chi connectivity index (χ0n) is 12.6. The van der Waals surface area contributed by atoms with Crippen LogP contribution in [-0.2, 0) is 5.41 Å². The van der Waals surface area contributed by atoms with E-state index in [-0.39, 0.29) is 5.41 Å². The highest BCUT2D eigenvalue weighted by Crippen LogP contribution is 2.22. The van der Waals surface area contributed by atoms with Gasteiger partial charge in [-0.2, -0.15) is 0 Å². The summed E-state index contributed by atoms with van der Waals surface area (Å²) in [5, 5.41) is 3.37. The van der Waals surface area contributed by atoms with Crippen LogP contribution >= 0.6 is 15.9 Å². The van der Waals surface area contributed by atoms with Crippen LogP contribution in [-0.4, -0.2) is 41.0 Å². The predicted octanol–water partition coefficient (Wildman–Crippen LogP) is 3.29. The van der Waals surface area contributed by atoms with Gasteiger partial charge < -0.3 is 10.2 Å². The first-order chi connectivity index (χ1) is 8.86. The molecule has 0 aromatic carbocycles. The van der Waals surface area contributed by atoms with Gasteiger partial charge in [0.1, 0.15) is 16.2 Å². The van der Waals surface area contributed by atoms with Crippen LogP contribution in [0.25, 0.3) is 0 Å². The van der Waals surface area contributed by atoms with Crippen molar-refractivity contribution in [2.75, 3.05) is 31.5 Å². The minimum atomic E-state index is -0.0426. The van der Waals surface area contributed by atoms with E-state index in [1.807, 2.05) is 6.07 Å². The third kappa shape index (κ3) is 5.45. The molecule has 1 rings (SSSR count). The average Bonchev–Trinajstić information content (AvgIpc) is 2.33. The first-order valence-corrected chi connectivity index (χ1v) is 7.67. The Bertz CT molecular complexity index is 397. The summed E-state index contributed by atoms with van der Waals surface area (Å²) in [6.45, 7) is 14.8. The lowest BCUT2D eigenvalue weighted by atomic mass is 9.96. The van der Waals surface area contributed by atoms with Crippen LogP contribution in [0.3, 0.4) is 0 Å². The molecule has 0 atom stereocenters. The molecular formula is C14H25BrN4. The first-order valence-electron chi connectivity index (χ1n) is 6.88. The molecule has 0 saturated heterocycles. The van der Waals surface area contributed by atoms with Crippen LogP contribution in [0.5, 0.6) is 0 Å². The van der Waals surface area contributed by atoms with E-state index in [0.717, 1.165) is 42.4 Å². The summed E-state index contributed by atoms with van der Waals surface area (Å²) >= 11 is 3.45. The molecule has 0 saturated carbocycles. The van der Waals surface area contributed by atoms with Gasteiger partial charge in [-0.05, 0) is 29.0 Å². The van der Waals surface area contributed by atoms with E-state index in [4.69, 9.17) is 0 Å². The zero-order valence-corrected chi connectivity index (χ0v) is 14.2. The summed E-state index contributed by atoms with van der Waals surface area (Å²) in [6, 6.07) is 1.93. The summed E-state index contributed by atoms with van der Waals surface area (Å²) < 4.78 is 0.831. The van der Waals surface area contributed by atoms with Gasteiger partial charge in [0.2, 0.25) is 0 Å². The Hall–Kier alpha value is -0.680. The van der Waals surface area contributed by atoms with Crippen molar-refractivity contribution in [3.05, 3.63) is 16.5 Å². The summed E-state index contributed by atoms with van der Waals surface area (Å²) in [5.74, 6) is 1.74. The van der Waals surface area contributed by atoms with Gasteiger partial charge in [0, 0.05) is 24.6 Å². The number of anilines is 1. The van der Waals surface area contributed by atoms with Gasteiger partial charge in [-0.3, -0.25) is 0 Å². The minimum absolute atomic E-state index is 0.0426. The van der Waals surface area contributed by atoms with E-state index >= 15 is 0 Å². The van der Waals surface area contributed by atoms with Gasteiger partial charge in [-0.15, -0.1) is 0 Å². The Balaban J connectivity index is 2.66. The second kappa shape index (κ2) is 7.20. The number of rotatable bonds is 6. The van der Waals surface area contributed by atoms with Crippen LogP contribution in [0.15, 0.2) is 10.7 Å². The van der Waals surface area contributed by atoms with Crippen molar-refractivity contribution in [2.24, 2.45) is 0 Å². The number of hydrogen-bond acceptors (Lipinski definition) is 4. The highest BCUT2D eigenvalue weighted by molar-refractivity contribution is 9.10. The maximum atomic E-state index is 4.58. The van der Waals surface area contributed by atoms with Crippen LogP contribution in [0, 0.1) is 0 Å². The molecule has 1 aromatic rings. The Morgan fingerprint density at radius 2 is 1.84 bits per heavy atom. The molecule has 0 radical (unpaired) electrons. The number of likely N-dealkylation sites (N-methyl/N-ethyl adjacent to an activating group) is 1. The third-order valence-corrected chi connectivity index (χ3v) is 3.40. The van der Waals surface area contributed by atoms with E-state index in [2.05, 4.69) is 70.7 Å². The molecule has 1 aromatic heterocycles. The Labute approximate surface area is 125 Å². The van der Waals surface area contributed by atoms with Crippen LogP contribution < -0.4 is 5.32 Å². The maximum Gasteiger partial charge on any atom is 0.137 e. The number of aromatic nitrogens is 2. The number of nitrogens with one attached hydrogen (secondary N) is 1. The van der Waals surface area contributed by atoms with Gasteiger partial charge in [-0.25, -0.2) is 9.97 Å². The molecule has 5 heteroatoms. The second-order valence-corrected chi connectivity index (χ2v) is 6.42. The van der Waals surface area contributed by atoms with Gasteiger partial charge >= 0.3 is 0 Å². The minimum Gasteiger partial charge on any atom is -0.369 e. The average molecular weight is 329 g/mol. The van der Waals surface area contributed by atoms with Crippen molar-refractivity contribution >= 4 is 21.7 Å². The van der Waals surface area contributed by atoms with E-state index in [1.165, 1.54) is 0 Å². The van der Waals surface area contributed by atoms with Crippen LogP contribution in [0.1, 0.15) is 40.4 Å². The number of hydrogen-bond donors (Lipinski definition) is 1. The highest BCUT2D eigenvalue weighted by Gasteiger charge is 2.18. The molecule has 1 heterocycles. The quantitative estimate of drug-likeness (QED) is 0.813. The smallest absolute Gasteiger partial charge is 0.137 e. The molecule has 4 nitrogen and oxygen atoms in total. The molecular weight excluding hydrogens is 304 g/mol. The van der Waals surface area contributed by atoms with E-state index in [9.17, 15) is 0 Å². The molecule has 108 valence electrons. The van der Waals surface area contributed by atoms with Gasteiger partial charge in [0.15, 0.2) is 0 Å². The fourth-order valence-electron chi connectivity index (χ4n) is 1.73. The molecule has 0 amide bonds. The number of nitrogens with zero attached hydrogens (tertiary/aromatic N) is 3. The lowest BCUT2D eigenvalue weighted by molar-refractivity contribution is 0.316. The van der Waals surface area contributed by atoms with Gasteiger partial charge in [0.25, 0.3) is 0 Å². The van der Waals surface area contributed by atoms with Crippen molar-refractivity contribution in [2.45, 2.75) is 40.0 Å². The molecule has 0 spiro atoms. The van der Waals surface area contributed by atoms with E-state index in [0.29, 0.717) is 0 Å². The Morgan fingerprint density at radius 3 is 2.37 bits per heavy atom. The van der Waals surface area contributed by atoms with Crippen molar-refractivity contribution in [3.63, 3.8) is 0 Å². The topological polar surface area (TPSA) is 41.0 Å². The Kier molecular flexibility index (Phi) is 6.20. The summed E-state index contributed by atoms with van der Waals surface area (Å²) in [7, 11) is 0. The van der Waals surface area contributed by atoms with E-state index in [1.54, 1.807) is 0 Å². The molecule has 0 aliphatic rings. The molecule has 19 heavy (non-hydrogen) atoms. The predicted molar refractivity (Wildman–Crippen MR) is 84.7 cm³/mol. The molecule has 0 bridgehead atoms. The SMILES string of the molecule is CCN(CC)CCNc1cc(Br)nc(C(C)(C)C)n1. The first kappa shape index (κ1) is 16.4. The standard InChI is InChI=1S/C14H25BrN4/c1-6-19(7-2)9-8-16-12-10-11(15)17-13(18-12)14(3,4)5/h10H,6-9H2,1-5H3,(H,16,17,18). The summed E-state index contributed by atoms with van der Waals surface area (Å²) in [6.07, 6.45) is 0. The second-order valence-electron chi connectivity index (χ2n) is 5.60. The molecule has 0 aliphatic heterocycles. The van der Waals surface area contributed by atoms with Crippen molar-refractivity contribution in [1.82, 2.24) is 14.9 Å². The molecule has 0 unspecified atom stereocenters. The lowest BCUT2D eigenvalue weighted by Crippen LogP contribution is -2.29. The molecule has 0 aliphatic carbocycles. The third-order valence-electron chi connectivity index (χ3n) is 2.99. The van der Waals surface area contributed by atoms with E-state index < -0.39 is 0 Å². The van der Waals surface area contributed by atoms with Crippen molar-refractivity contribution < 1.29 is 0 Å². The lowest BCUT2D eigenvalue weighted by Gasteiger charge is -2.20. The molecule has 1 N–H and O–H groups in total. The number of halogens is 1. The van der Waals surface area contributed by atoms with Crippen molar-refractivity contribution in [3.8, 4) is 0 Å². The Morgan fingerprint density at radius 1 is 1.21 bits per heavy atom. The van der Waals surface area contributed by atoms with Crippen LogP contribution in [0.4, 0.5) is 5.82 Å². The maximum absolute atomic E-state index is 4.58.